The van der Waals surface area contributed by atoms with Crippen molar-refractivity contribution in [1.82, 2.24) is 30.5 Å². The van der Waals surface area contributed by atoms with Gasteiger partial charge in [-0.25, -0.2) is 4.68 Å². The zero-order chi connectivity index (χ0) is 19.9. The van der Waals surface area contributed by atoms with Gasteiger partial charge in [-0.3, -0.25) is 9.59 Å². The first kappa shape index (κ1) is 20.0. The number of nitrogens with one attached hydrogen (secondary N) is 2. The Balaban J connectivity index is 1.54. The van der Waals surface area contributed by atoms with E-state index in [9.17, 15) is 9.59 Å². The number of aromatic nitrogens is 3. The van der Waals surface area contributed by atoms with Crippen molar-refractivity contribution in [2.75, 3.05) is 26.2 Å². The lowest BCUT2D eigenvalue weighted by atomic mass is 10.1. The van der Waals surface area contributed by atoms with Crippen LogP contribution in [0.3, 0.4) is 0 Å². The second-order valence-corrected chi connectivity index (χ2v) is 6.92. The molecule has 2 amide bonds. The summed E-state index contributed by atoms with van der Waals surface area (Å²) in [5, 5.41) is 14.3. The Morgan fingerprint density at radius 3 is 2.50 bits per heavy atom. The van der Waals surface area contributed by atoms with Crippen molar-refractivity contribution in [3.05, 3.63) is 47.3 Å². The Kier molecular flexibility index (Phi) is 6.76. The minimum Gasteiger partial charge on any atom is -0.347 e. The van der Waals surface area contributed by atoms with E-state index in [0.717, 1.165) is 31.5 Å². The Morgan fingerprint density at radius 2 is 1.86 bits per heavy atom. The lowest BCUT2D eigenvalue weighted by Gasteiger charge is -2.22. The van der Waals surface area contributed by atoms with Crippen molar-refractivity contribution in [3.8, 4) is 0 Å². The highest BCUT2D eigenvalue weighted by Crippen LogP contribution is 2.17. The molecule has 28 heavy (non-hydrogen) atoms. The minimum absolute atomic E-state index is 0.0233. The Hall–Kier alpha value is -2.74. The van der Waals surface area contributed by atoms with Gasteiger partial charge in [0, 0.05) is 25.2 Å². The van der Waals surface area contributed by atoms with Gasteiger partial charge in [-0.1, -0.05) is 17.3 Å². The zero-order valence-electron chi connectivity index (χ0n) is 16.5. The fourth-order valence-corrected chi connectivity index (χ4v) is 3.36. The van der Waals surface area contributed by atoms with Crippen molar-refractivity contribution >= 4 is 11.8 Å². The van der Waals surface area contributed by atoms with E-state index in [4.69, 9.17) is 0 Å². The first-order valence-corrected chi connectivity index (χ1v) is 9.91. The van der Waals surface area contributed by atoms with Crippen molar-refractivity contribution in [3.63, 3.8) is 0 Å². The number of benzene rings is 1. The molecule has 3 rings (SSSR count). The van der Waals surface area contributed by atoms with Crippen molar-refractivity contribution in [2.45, 2.75) is 39.3 Å². The van der Waals surface area contributed by atoms with E-state index in [1.165, 1.54) is 0 Å². The zero-order valence-corrected chi connectivity index (χ0v) is 16.5. The molecule has 1 aliphatic heterocycles. The maximum absolute atomic E-state index is 12.4. The van der Waals surface area contributed by atoms with E-state index in [1.807, 2.05) is 26.0 Å². The summed E-state index contributed by atoms with van der Waals surface area (Å²) >= 11 is 0. The molecule has 2 heterocycles. The number of hydrogen-bond acceptors (Lipinski definition) is 5. The second kappa shape index (κ2) is 9.45. The number of rotatable bonds is 7. The van der Waals surface area contributed by atoms with Gasteiger partial charge in [0.15, 0.2) is 5.69 Å². The van der Waals surface area contributed by atoms with Crippen LogP contribution < -0.4 is 10.6 Å². The molecule has 150 valence electrons. The van der Waals surface area contributed by atoms with Gasteiger partial charge in [0.1, 0.15) is 0 Å². The second-order valence-electron chi connectivity index (χ2n) is 6.92. The predicted molar refractivity (Wildman–Crippen MR) is 106 cm³/mol. The number of amides is 2. The maximum Gasteiger partial charge on any atom is 0.273 e. The Labute approximate surface area is 165 Å². The third kappa shape index (κ3) is 4.75. The summed E-state index contributed by atoms with van der Waals surface area (Å²) < 4.78 is 1.80. The van der Waals surface area contributed by atoms with Crippen LogP contribution in [0.1, 0.15) is 59.1 Å². The van der Waals surface area contributed by atoms with Crippen LogP contribution in [-0.4, -0.2) is 57.9 Å². The number of carbonyl (C=O) groups is 2. The van der Waals surface area contributed by atoms with E-state index in [-0.39, 0.29) is 11.8 Å². The number of carbonyl (C=O) groups excluding carboxylic acids is 2. The Morgan fingerprint density at radius 1 is 1.18 bits per heavy atom. The molecule has 0 atom stereocenters. The molecule has 2 aromatic rings. The Bertz CT molecular complexity index is 791. The summed E-state index contributed by atoms with van der Waals surface area (Å²) in [6.07, 6.45) is 3.70. The van der Waals surface area contributed by atoms with Gasteiger partial charge in [-0.2, -0.15) is 0 Å². The van der Waals surface area contributed by atoms with Crippen molar-refractivity contribution in [2.24, 2.45) is 0 Å². The van der Waals surface area contributed by atoms with Gasteiger partial charge >= 0.3 is 0 Å². The average Bonchev–Trinajstić information content (AvgIpc) is 3.24. The summed E-state index contributed by atoms with van der Waals surface area (Å²) in [5.41, 5.74) is 1.91. The maximum atomic E-state index is 12.4. The lowest BCUT2D eigenvalue weighted by molar-refractivity contribution is 0.0772. The fraction of sp³-hybridized carbons (Fsp3) is 0.500. The summed E-state index contributed by atoms with van der Waals surface area (Å²) in [6, 6.07) is 7.63. The lowest BCUT2D eigenvalue weighted by Crippen LogP contribution is -2.30. The van der Waals surface area contributed by atoms with Gasteiger partial charge in [0.05, 0.1) is 12.2 Å². The molecule has 8 nitrogen and oxygen atoms in total. The van der Waals surface area contributed by atoms with E-state index < -0.39 is 0 Å². The van der Waals surface area contributed by atoms with Crippen molar-refractivity contribution in [1.29, 1.82) is 0 Å². The highest BCUT2D eigenvalue weighted by atomic mass is 16.2. The summed E-state index contributed by atoms with van der Waals surface area (Å²) in [5.74, 6) is -0.224. The highest BCUT2D eigenvalue weighted by molar-refractivity contribution is 5.94. The molecule has 1 aromatic carbocycles. The molecule has 1 aromatic heterocycles. The van der Waals surface area contributed by atoms with E-state index >= 15 is 0 Å². The molecule has 1 saturated heterocycles. The van der Waals surface area contributed by atoms with E-state index in [2.05, 4.69) is 20.9 Å². The van der Waals surface area contributed by atoms with Gasteiger partial charge in [0.25, 0.3) is 11.8 Å². The van der Waals surface area contributed by atoms with Crippen LogP contribution in [0.4, 0.5) is 0 Å². The fourth-order valence-electron chi connectivity index (χ4n) is 3.36. The standard InChI is InChI=1S/C20H28N6O2/c1-3-25(4-2)20(28)16-7-5-15(6-8-16)13-22-19(27)18-14-26(24-23-18)17-9-11-21-12-10-17/h5-8,14,17,21H,3-4,9-13H2,1-2H3,(H,22,27). The molecule has 0 saturated carbocycles. The third-order valence-corrected chi connectivity index (χ3v) is 5.13. The smallest absolute Gasteiger partial charge is 0.273 e. The van der Waals surface area contributed by atoms with Gasteiger partial charge in [-0.05, 0) is 57.5 Å². The van der Waals surface area contributed by atoms with E-state index in [0.29, 0.717) is 36.9 Å². The van der Waals surface area contributed by atoms with E-state index in [1.54, 1.807) is 27.9 Å². The predicted octanol–water partition coefficient (Wildman–Crippen LogP) is 1.61. The first-order chi connectivity index (χ1) is 13.6. The minimum atomic E-state index is -0.247. The molecular weight excluding hydrogens is 356 g/mol. The molecule has 1 aliphatic rings. The monoisotopic (exact) mass is 384 g/mol. The topological polar surface area (TPSA) is 92.2 Å². The quantitative estimate of drug-likeness (QED) is 0.757. The molecular formula is C20H28N6O2. The normalized spacial score (nSPS) is 14.6. The number of piperidine rings is 1. The first-order valence-electron chi connectivity index (χ1n) is 9.91. The molecule has 0 aliphatic carbocycles. The summed E-state index contributed by atoms with van der Waals surface area (Å²) in [7, 11) is 0. The van der Waals surface area contributed by atoms with Gasteiger partial charge < -0.3 is 15.5 Å². The molecule has 0 spiro atoms. The molecule has 0 unspecified atom stereocenters. The van der Waals surface area contributed by atoms with Crippen LogP contribution in [0, 0.1) is 0 Å². The molecule has 2 N–H and O–H groups in total. The summed E-state index contributed by atoms with van der Waals surface area (Å²) in [4.78, 5) is 26.5. The highest BCUT2D eigenvalue weighted by Gasteiger charge is 2.18. The molecule has 1 fully saturated rings. The van der Waals surface area contributed by atoms with Gasteiger partial charge in [-0.15, -0.1) is 5.10 Å². The third-order valence-electron chi connectivity index (χ3n) is 5.13. The van der Waals surface area contributed by atoms with Crippen LogP contribution >= 0.6 is 0 Å². The van der Waals surface area contributed by atoms with Crippen LogP contribution in [0.25, 0.3) is 0 Å². The largest absolute Gasteiger partial charge is 0.347 e. The molecule has 0 radical (unpaired) electrons. The van der Waals surface area contributed by atoms with Crippen LogP contribution in [0.15, 0.2) is 30.5 Å². The van der Waals surface area contributed by atoms with Crippen LogP contribution in [0.2, 0.25) is 0 Å². The molecule has 0 bridgehead atoms. The van der Waals surface area contributed by atoms with Gasteiger partial charge in [0.2, 0.25) is 0 Å². The average molecular weight is 384 g/mol. The molecule has 8 heteroatoms. The van der Waals surface area contributed by atoms with Crippen molar-refractivity contribution < 1.29 is 9.59 Å². The number of hydrogen-bond donors (Lipinski definition) is 2. The number of nitrogens with zero attached hydrogens (tertiary/aromatic N) is 4. The van der Waals surface area contributed by atoms with Crippen LogP contribution in [0.5, 0.6) is 0 Å². The van der Waals surface area contributed by atoms with Crippen LogP contribution in [-0.2, 0) is 6.54 Å². The SMILES string of the molecule is CCN(CC)C(=O)c1ccc(CNC(=O)c2cn(C3CCNCC3)nn2)cc1. The summed E-state index contributed by atoms with van der Waals surface area (Å²) in [6.45, 7) is 7.59.